The molecule has 0 spiro atoms. The monoisotopic (exact) mass is 388 g/mol. The van der Waals surface area contributed by atoms with E-state index in [-0.39, 0.29) is 0 Å². The first-order chi connectivity index (χ1) is 13.7. The Kier molecular flexibility index (Phi) is 5.68. The first-order valence-corrected chi connectivity index (χ1v) is 10.5. The highest BCUT2D eigenvalue weighted by atomic mass is 32.2. The van der Waals surface area contributed by atoms with Gasteiger partial charge in [-0.3, -0.25) is 0 Å². The van der Waals surface area contributed by atoms with E-state index in [1.807, 2.05) is 12.1 Å². The van der Waals surface area contributed by atoms with Crippen LogP contribution in [0.3, 0.4) is 0 Å². The minimum atomic E-state index is 0.654. The average molecular weight is 389 g/mol. The molecule has 0 N–H and O–H groups in total. The number of thioether (sulfide) groups is 1. The SMILES string of the molecule is Cc1ccc(OCCSc2nc3ccccc3n2Cc2ccccc2)cc1C. The molecule has 4 heteroatoms. The highest BCUT2D eigenvalue weighted by molar-refractivity contribution is 7.99. The van der Waals surface area contributed by atoms with Gasteiger partial charge in [-0.2, -0.15) is 0 Å². The Morgan fingerprint density at radius 1 is 0.893 bits per heavy atom. The molecular weight excluding hydrogens is 364 g/mol. The van der Waals surface area contributed by atoms with E-state index in [0.29, 0.717) is 6.61 Å². The molecule has 142 valence electrons. The minimum Gasteiger partial charge on any atom is -0.493 e. The van der Waals surface area contributed by atoms with Gasteiger partial charge >= 0.3 is 0 Å². The first kappa shape index (κ1) is 18.6. The van der Waals surface area contributed by atoms with Crippen molar-refractivity contribution in [2.75, 3.05) is 12.4 Å². The standard InChI is InChI=1S/C24H24N2OS/c1-18-12-13-21(16-19(18)2)27-14-15-28-24-25-22-10-6-7-11-23(22)26(24)17-20-8-4-3-5-9-20/h3-13,16H,14-15,17H2,1-2H3. The molecule has 28 heavy (non-hydrogen) atoms. The molecule has 0 saturated heterocycles. The lowest BCUT2D eigenvalue weighted by molar-refractivity contribution is 0.343. The van der Waals surface area contributed by atoms with Crippen molar-refractivity contribution in [3.05, 3.63) is 89.5 Å². The quantitative estimate of drug-likeness (QED) is 0.292. The molecule has 0 aliphatic carbocycles. The van der Waals surface area contributed by atoms with Crippen LogP contribution >= 0.6 is 11.8 Å². The van der Waals surface area contributed by atoms with Crippen LogP contribution in [0.2, 0.25) is 0 Å². The van der Waals surface area contributed by atoms with Crippen molar-refractivity contribution in [3.63, 3.8) is 0 Å². The van der Waals surface area contributed by atoms with E-state index in [1.165, 1.54) is 22.2 Å². The molecule has 1 aromatic heterocycles. The molecule has 0 radical (unpaired) electrons. The van der Waals surface area contributed by atoms with Crippen LogP contribution < -0.4 is 4.74 Å². The fourth-order valence-corrected chi connectivity index (χ4v) is 4.01. The zero-order valence-corrected chi connectivity index (χ0v) is 17.1. The van der Waals surface area contributed by atoms with Crippen LogP contribution in [0.1, 0.15) is 16.7 Å². The fraction of sp³-hybridized carbons (Fsp3) is 0.208. The number of fused-ring (bicyclic) bond motifs is 1. The number of nitrogens with zero attached hydrogens (tertiary/aromatic N) is 2. The highest BCUT2D eigenvalue weighted by Gasteiger charge is 2.11. The Bertz CT molecular complexity index is 1070. The van der Waals surface area contributed by atoms with Gasteiger partial charge in [0.05, 0.1) is 24.2 Å². The topological polar surface area (TPSA) is 27.1 Å². The molecule has 0 atom stereocenters. The van der Waals surface area contributed by atoms with Gasteiger partial charge in [-0.05, 0) is 54.8 Å². The van der Waals surface area contributed by atoms with E-state index in [0.717, 1.165) is 28.7 Å². The Labute approximate surface area is 170 Å². The van der Waals surface area contributed by atoms with Crippen molar-refractivity contribution < 1.29 is 4.74 Å². The van der Waals surface area contributed by atoms with Crippen LogP contribution in [-0.4, -0.2) is 21.9 Å². The summed E-state index contributed by atoms with van der Waals surface area (Å²) in [5.41, 5.74) is 6.03. The average Bonchev–Trinajstić information content (AvgIpc) is 3.06. The summed E-state index contributed by atoms with van der Waals surface area (Å²) in [6.45, 7) is 5.71. The molecule has 4 rings (SSSR count). The molecule has 0 amide bonds. The highest BCUT2D eigenvalue weighted by Crippen LogP contribution is 2.25. The van der Waals surface area contributed by atoms with E-state index in [9.17, 15) is 0 Å². The molecule has 4 aromatic rings. The largest absolute Gasteiger partial charge is 0.493 e. The fourth-order valence-electron chi connectivity index (χ4n) is 3.18. The van der Waals surface area contributed by atoms with Gasteiger partial charge in [-0.1, -0.05) is 60.3 Å². The van der Waals surface area contributed by atoms with Gasteiger partial charge in [0.1, 0.15) is 5.75 Å². The lowest BCUT2D eigenvalue weighted by atomic mass is 10.1. The third-order valence-electron chi connectivity index (χ3n) is 4.86. The van der Waals surface area contributed by atoms with Gasteiger partial charge in [0.2, 0.25) is 0 Å². The summed E-state index contributed by atoms with van der Waals surface area (Å²) in [5, 5.41) is 1.04. The van der Waals surface area contributed by atoms with Crippen LogP contribution in [0.25, 0.3) is 11.0 Å². The number of hydrogen-bond acceptors (Lipinski definition) is 3. The summed E-state index contributed by atoms with van der Waals surface area (Å²) in [7, 11) is 0. The maximum Gasteiger partial charge on any atom is 0.169 e. The summed E-state index contributed by atoms with van der Waals surface area (Å²) in [4.78, 5) is 4.85. The lowest BCUT2D eigenvalue weighted by Crippen LogP contribution is -2.04. The van der Waals surface area contributed by atoms with Crippen molar-refractivity contribution in [1.82, 2.24) is 9.55 Å². The number of imidazole rings is 1. The number of hydrogen-bond donors (Lipinski definition) is 0. The van der Waals surface area contributed by atoms with E-state index in [2.05, 4.69) is 79.1 Å². The van der Waals surface area contributed by atoms with E-state index >= 15 is 0 Å². The second kappa shape index (κ2) is 8.53. The zero-order chi connectivity index (χ0) is 19.3. The Hall–Kier alpha value is -2.72. The molecule has 1 heterocycles. The molecule has 0 bridgehead atoms. The van der Waals surface area contributed by atoms with Crippen LogP contribution in [0.4, 0.5) is 0 Å². The Morgan fingerprint density at radius 3 is 2.50 bits per heavy atom. The van der Waals surface area contributed by atoms with Crippen LogP contribution in [0, 0.1) is 13.8 Å². The zero-order valence-electron chi connectivity index (χ0n) is 16.3. The summed E-state index contributed by atoms with van der Waals surface area (Å²) in [6, 6.07) is 25.1. The smallest absolute Gasteiger partial charge is 0.169 e. The minimum absolute atomic E-state index is 0.654. The predicted molar refractivity (Wildman–Crippen MR) is 117 cm³/mol. The second-order valence-electron chi connectivity index (χ2n) is 6.90. The Morgan fingerprint density at radius 2 is 1.68 bits per heavy atom. The van der Waals surface area contributed by atoms with Gasteiger partial charge in [0.25, 0.3) is 0 Å². The molecular formula is C24H24N2OS. The second-order valence-corrected chi connectivity index (χ2v) is 7.96. The third kappa shape index (κ3) is 4.23. The van der Waals surface area contributed by atoms with E-state index in [4.69, 9.17) is 9.72 Å². The number of benzene rings is 3. The molecule has 0 aliphatic rings. The summed E-state index contributed by atoms with van der Waals surface area (Å²) in [6.07, 6.45) is 0. The third-order valence-corrected chi connectivity index (χ3v) is 5.81. The van der Waals surface area contributed by atoms with Crippen LogP contribution in [-0.2, 0) is 6.54 Å². The van der Waals surface area contributed by atoms with Crippen LogP contribution in [0.15, 0.2) is 78.0 Å². The van der Waals surface area contributed by atoms with Gasteiger partial charge < -0.3 is 9.30 Å². The molecule has 0 saturated carbocycles. The lowest BCUT2D eigenvalue weighted by Gasteiger charge is -2.10. The number of aromatic nitrogens is 2. The van der Waals surface area contributed by atoms with Crippen molar-refractivity contribution in [2.24, 2.45) is 0 Å². The maximum atomic E-state index is 5.94. The van der Waals surface area contributed by atoms with Crippen molar-refractivity contribution in [1.29, 1.82) is 0 Å². The van der Waals surface area contributed by atoms with Gasteiger partial charge in [-0.15, -0.1) is 0 Å². The molecule has 0 fully saturated rings. The van der Waals surface area contributed by atoms with E-state index < -0.39 is 0 Å². The maximum absolute atomic E-state index is 5.94. The summed E-state index contributed by atoms with van der Waals surface area (Å²) in [5.74, 6) is 1.78. The van der Waals surface area contributed by atoms with Crippen molar-refractivity contribution in [3.8, 4) is 5.75 Å². The van der Waals surface area contributed by atoms with Crippen molar-refractivity contribution in [2.45, 2.75) is 25.5 Å². The van der Waals surface area contributed by atoms with Gasteiger partial charge in [0.15, 0.2) is 5.16 Å². The number of para-hydroxylation sites is 2. The van der Waals surface area contributed by atoms with Gasteiger partial charge in [-0.25, -0.2) is 4.98 Å². The number of rotatable bonds is 7. The van der Waals surface area contributed by atoms with Crippen LogP contribution in [0.5, 0.6) is 5.75 Å². The number of ether oxygens (including phenoxy) is 1. The van der Waals surface area contributed by atoms with E-state index in [1.54, 1.807) is 11.8 Å². The summed E-state index contributed by atoms with van der Waals surface area (Å²) >= 11 is 1.75. The molecule has 0 unspecified atom stereocenters. The predicted octanol–water partition coefficient (Wildman–Crippen LogP) is 5.87. The molecule has 0 aliphatic heterocycles. The van der Waals surface area contributed by atoms with Gasteiger partial charge in [0, 0.05) is 5.75 Å². The summed E-state index contributed by atoms with van der Waals surface area (Å²) < 4.78 is 8.23. The first-order valence-electron chi connectivity index (χ1n) is 9.53. The molecule has 3 nitrogen and oxygen atoms in total. The number of aryl methyl sites for hydroxylation is 2. The normalized spacial score (nSPS) is 11.1. The Balaban J connectivity index is 1.47. The molecule has 3 aromatic carbocycles. The van der Waals surface area contributed by atoms with Crippen molar-refractivity contribution >= 4 is 22.8 Å².